The molecule has 3 rings (SSSR count). The van der Waals surface area contributed by atoms with Crippen molar-refractivity contribution in [1.82, 2.24) is 10.6 Å². The van der Waals surface area contributed by atoms with Gasteiger partial charge in [0.05, 0.1) is 20.3 Å². The van der Waals surface area contributed by atoms with E-state index >= 15 is 0 Å². The number of hydrogen-bond donors (Lipinski definition) is 2. The lowest BCUT2D eigenvalue weighted by atomic mass is 9.62. The van der Waals surface area contributed by atoms with E-state index in [1.807, 2.05) is 31.2 Å². The van der Waals surface area contributed by atoms with Crippen LogP contribution in [0.2, 0.25) is 0 Å². The molecule has 5 atom stereocenters. The summed E-state index contributed by atoms with van der Waals surface area (Å²) in [6, 6.07) is 8.07. The molecule has 0 saturated heterocycles. The van der Waals surface area contributed by atoms with Crippen molar-refractivity contribution in [2.45, 2.75) is 87.7 Å². The van der Waals surface area contributed by atoms with Gasteiger partial charge >= 0.3 is 19.8 Å². The first-order chi connectivity index (χ1) is 22.6. The normalized spacial score (nSPS) is 26.8. The Morgan fingerprint density at radius 1 is 0.979 bits per heavy atom. The Morgan fingerprint density at radius 3 is 2.19 bits per heavy atom. The number of ether oxygens (including phenoxy) is 2. The van der Waals surface area contributed by atoms with Gasteiger partial charge in [0.2, 0.25) is 0 Å². The lowest BCUT2D eigenvalue weighted by Crippen LogP contribution is -2.51. The maximum Gasteiger partial charge on any atom is 0.407 e. The largest absolute Gasteiger partial charge is 0.453 e. The van der Waals surface area contributed by atoms with E-state index in [-0.39, 0.29) is 41.9 Å². The minimum absolute atomic E-state index is 0.0477. The summed E-state index contributed by atoms with van der Waals surface area (Å²) < 4.78 is 34.5. The highest BCUT2D eigenvalue weighted by molar-refractivity contribution is 8.20. The predicted molar refractivity (Wildman–Crippen MR) is 198 cm³/mol. The highest BCUT2D eigenvalue weighted by atomic mass is 32.2. The molecular formula is C34H53N2O8PS3. The number of rotatable bonds is 16. The minimum atomic E-state index is -4.18. The number of carbonyl (C=O) groups excluding carboxylic acids is 3. The standard InChI is InChI=1S/C34H53N2O8PS3/c1-9-43-45(40,44-10-2)29(37)34(47-21-26-14-12-25(13-15-26)20-46-8)27(16-11-24(3)48-34)19-42-31(39)36-28-17-32(4,5)22-33(6,18-28)23-35-30(38)41-7/h11-16,24,27-28H,9-10,17-23H2,1-8H3,(H,35,38)(H,36,39). The van der Waals surface area contributed by atoms with Crippen LogP contribution in [0.15, 0.2) is 36.4 Å². The SMILES string of the molecule is CCOP(=O)(OCC)C(=O)C1(SCc2ccc(CSC)cc2)SC(C)C=CC1COC(=O)NC1CC(C)(C)CC(C)(CNC(=O)OC)C1. The molecule has 0 bridgehead atoms. The lowest BCUT2D eigenvalue weighted by molar-refractivity contribution is -0.115. The number of thioether (sulfide) groups is 3. The maximum atomic E-state index is 14.5. The van der Waals surface area contributed by atoms with Gasteiger partial charge in [-0.15, -0.1) is 23.5 Å². The summed E-state index contributed by atoms with van der Waals surface area (Å²) >= 11 is 4.52. The van der Waals surface area contributed by atoms with Gasteiger partial charge in [-0.3, -0.25) is 9.36 Å². The fraction of sp³-hybridized carbons (Fsp3) is 0.676. The number of carbonyl (C=O) groups is 3. The third kappa shape index (κ3) is 11.2. The fourth-order valence-electron chi connectivity index (χ4n) is 6.77. The second kappa shape index (κ2) is 18.0. The van der Waals surface area contributed by atoms with Crippen LogP contribution in [-0.2, 0) is 39.4 Å². The van der Waals surface area contributed by atoms with E-state index in [9.17, 15) is 18.9 Å². The first kappa shape index (κ1) is 40.8. The lowest BCUT2D eigenvalue weighted by Gasteiger charge is -2.46. The molecule has 48 heavy (non-hydrogen) atoms. The predicted octanol–water partition coefficient (Wildman–Crippen LogP) is 8.25. The van der Waals surface area contributed by atoms with Crippen molar-refractivity contribution >= 4 is 60.6 Å². The minimum Gasteiger partial charge on any atom is -0.453 e. The molecule has 14 heteroatoms. The van der Waals surface area contributed by atoms with Crippen molar-refractivity contribution in [1.29, 1.82) is 0 Å². The molecule has 2 amide bonds. The van der Waals surface area contributed by atoms with Crippen LogP contribution in [0.25, 0.3) is 0 Å². The van der Waals surface area contributed by atoms with Gasteiger partial charge in [0.1, 0.15) is 10.7 Å². The Labute approximate surface area is 299 Å². The average Bonchev–Trinajstić information content (AvgIpc) is 3.02. The Balaban J connectivity index is 1.84. The fourth-order valence-corrected chi connectivity index (χ4v) is 13.0. The van der Waals surface area contributed by atoms with Crippen LogP contribution in [0, 0.1) is 16.7 Å². The maximum absolute atomic E-state index is 14.5. The van der Waals surface area contributed by atoms with Crippen LogP contribution in [0.3, 0.4) is 0 Å². The summed E-state index contributed by atoms with van der Waals surface area (Å²) in [5.74, 6) is 0.766. The number of benzene rings is 1. The topological polar surface area (TPSA) is 129 Å². The zero-order chi connectivity index (χ0) is 35.6. The Bertz CT molecular complexity index is 1320. The summed E-state index contributed by atoms with van der Waals surface area (Å²) in [4.78, 5) is 39.6. The van der Waals surface area contributed by atoms with Gasteiger partial charge in [0.15, 0.2) is 0 Å². The van der Waals surface area contributed by atoms with Crippen LogP contribution in [0.4, 0.5) is 9.59 Å². The Hall–Kier alpha value is -1.63. The molecular weight excluding hydrogens is 692 g/mol. The smallest absolute Gasteiger partial charge is 0.407 e. The number of nitrogens with one attached hydrogen (secondary N) is 2. The van der Waals surface area contributed by atoms with Crippen molar-refractivity contribution in [2.24, 2.45) is 16.7 Å². The summed E-state index contributed by atoms with van der Waals surface area (Å²) in [6.07, 6.45) is 7.10. The zero-order valence-corrected chi connectivity index (χ0v) is 32.8. The first-order valence-electron chi connectivity index (χ1n) is 16.4. The zero-order valence-electron chi connectivity index (χ0n) is 29.5. The molecule has 5 unspecified atom stereocenters. The Kier molecular flexibility index (Phi) is 15.3. The highest BCUT2D eigenvalue weighted by Gasteiger charge is 2.57. The molecule has 270 valence electrons. The van der Waals surface area contributed by atoms with E-state index in [1.54, 1.807) is 25.6 Å². The van der Waals surface area contributed by atoms with Crippen LogP contribution < -0.4 is 10.6 Å². The number of amides is 2. The second-order valence-corrected chi connectivity index (χ2v) is 19.4. The Morgan fingerprint density at radius 2 is 1.60 bits per heavy atom. The van der Waals surface area contributed by atoms with Crippen LogP contribution in [0.5, 0.6) is 0 Å². The van der Waals surface area contributed by atoms with E-state index in [4.69, 9.17) is 18.5 Å². The van der Waals surface area contributed by atoms with Gasteiger partial charge in [-0.1, -0.05) is 57.2 Å². The molecule has 1 aliphatic heterocycles. The average molecular weight is 745 g/mol. The van der Waals surface area contributed by atoms with Gasteiger partial charge in [0, 0.05) is 35.3 Å². The highest BCUT2D eigenvalue weighted by Crippen LogP contribution is 2.62. The molecule has 1 aromatic rings. The van der Waals surface area contributed by atoms with E-state index in [0.717, 1.165) is 24.2 Å². The third-order valence-electron chi connectivity index (χ3n) is 8.40. The first-order valence-corrected chi connectivity index (χ1v) is 21.2. The molecule has 1 heterocycles. The van der Waals surface area contributed by atoms with E-state index in [2.05, 4.69) is 49.8 Å². The van der Waals surface area contributed by atoms with E-state index < -0.39 is 35.3 Å². The van der Waals surface area contributed by atoms with Gasteiger partial charge < -0.3 is 29.2 Å². The molecule has 1 aliphatic carbocycles. The molecule has 0 spiro atoms. The molecule has 0 radical (unpaired) electrons. The van der Waals surface area contributed by atoms with Crippen molar-refractivity contribution in [3.05, 3.63) is 47.5 Å². The summed E-state index contributed by atoms with van der Waals surface area (Å²) in [7, 11) is -2.85. The van der Waals surface area contributed by atoms with Crippen LogP contribution in [-0.4, -0.2) is 72.8 Å². The second-order valence-electron chi connectivity index (χ2n) is 13.5. The third-order valence-corrected chi connectivity index (χ3v) is 14.8. The molecule has 1 aromatic carbocycles. The molecule has 0 aromatic heterocycles. The summed E-state index contributed by atoms with van der Waals surface area (Å²) in [5.41, 5.74) is 1.25. The molecule has 1 fully saturated rings. The quantitative estimate of drug-likeness (QED) is 0.125. The van der Waals surface area contributed by atoms with Crippen LogP contribution >= 0.6 is 42.9 Å². The van der Waals surface area contributed by atoms with E-state index in [0.29, 0.717) is 18.7 Å². The van der Waals surface area contributed by atoms with Crippen molar-refractivity contribution in [3.8, 4) is 0 Å². The number of hydrogen-bond acceptors (Lipinski definition) is 11. The molecule has 1 saturated carbocycles. The van der Waals surface area contributed by atoms with Crippen LogP contribution in [0.1, 0.15) is 71.9 Å². The summed E-state index contributed by atoms with van der Waals surface area (Å²) in [6.45, 7) is 12.1. The van der Waals surface area contributed by atoms with E-state index in [1.165, 1.54) is 36.2 Å². The van der Waals surface area contributed by atoms with Gasteiger partial charge in [-0.05, 0) is 68.2 Å². The number of methoxy groups -OCH3 is 1. The van der Waals surface area contributed by atoms with Crippen molar-refractivity contribution < 1.29 is 37.5 Å². The number of alkyl carbamates (subject to hydrolysis) is 2. The van der Waals surface area contributed by atoms with Gasteiger partial charge in [-0.25, -0.2) is 9.59 Å². The summed E-state index contributed by atoms with van der Waals surface area (Å²) in [5, 5.41) is 5.78. The monoisotopic (exact) mass is 744 g/mol. The van der Waals surface area contributed by atoms with Crippen molar-refractivity contribution in [2.75, 3.05) is 39.7 Å². The van der Waals surface area contributed by atoms with Gasteiger partial charge in [-0.2, -0.15) is 11.8 Å². The van der Waals surface area contributed by atoms with Gasteiger partial charge in [0.25, 0.3) is 5.52 Å². The molecule has 10 nitrogen and oxygen atoms in total. The van der Waals surface area contributed by atoms with Crippen molar-refractivity contribution in [3.63, 3.8) is 0 Å². The molecule has 2 N–H and O–H groups in total. The molecule has 2 aliphatic rings.